The van der Waals surface area contributed by atoms with Gasteiger partial charge >= 0.3 is 0 Å². The van der Waals surface area contributed by atoms with Crippen LogP contribution >= 0.6 is 22.9 Å². The Bertz CT molecular complexity index is 1230. The zero-order valence-electron chi connectivity index (χ0n) is 17.4. The van der Waals surface area contributed by atoms with Crippen molar-refractivity contribution in [3.63, 3.8) is 0 Å². The molecule has 4 aromatic rings. The number of carbonyl (C=O) groups excluding carboxylic acids is 1. The third-order valence-corrected chi connectivity index (χ3v) is 5.45. The van der Waals surface area contributed by atoms with Crippen molar-refractivity contribution in [3.8, 4) is 0 Å². The predicted molar refractivity (Wildman–Crippen MR) is 128 cm³/mol. The van der Waals surface area contributed by atoms with Crippen LogP contribution in [0.15, 0.2) is 54.7 Å². The van der Waals surface area contributed by atoms with E-state index in [1.165, 1.54) is 11.3 Å². The van der Waals surface area contributed by atoms with E-state index in [0.29, 0.717) is 27.9 Å². The molecular weight excluding hydrogens is 446 g/mol. The summed E-state index contributed by atoms with van der Waals surface area (Å²) in [6, 6.07) is 14.9. The highest BCUT2D eigenvalue weighted by atomic mass is 35.5. The van der Waals surface area contributed by atoms with E-state index in [2.05, 4.69) is 35.9 Å². The molecule has 3 N–H and O–H groups in total. The minimum atomic E-state index is -0.102. The van der Waals surface area contributed by atoms with E-state index in [0.717, 1.165) is 21.8 Å². The summed E-state index contributed by atoms with van der Waals surface area (Å²) in [6.45, 7) is 3.78. The molecule has 0 spiro atoms. The normalized spacial score (nSPS) is 10.6. The Morgan fingerprint density at radius 1 is 0.906 bits per heavy atom. The number of aromatic nitrogens is 4. The number of halogens is 1. The first-order chi connectivity index (χ1) is 15.4. The molecule has 0 unspecified atom stereocenters. The van der Waals surface area contributed by atoms with Gasteiger partial charge in [-0.2, -0.15) is 15.0 Å². The van der Waals surface area contributed by atoms with Gasteiger partial charge in [-0.05, 0) is 50.2 Å². The summed E-state index contributed by atoms with van der Waals surface area (Å²) in [5.41, 5.74) is 2.72. The second-order valence-electron chi connectivity index (χ2n) is 7.01. The molecule has 0 aliphatic heterocycles. The fourth-order valence-corrected chi connectivity index (χ4v) is 3.73. The van der Waals surface area contributed by atoms with Gasteiger partial charge in [0, 0.05) is 27.5 Å². The van der Waals surface area contributed by atoms with E-state index in [9.17, 15) is 4.79 Å². The first kappa shape index (κ1) is 21.7. The summed E-state index contributed by atoms with van der Waals surface area (Å²) in [5.74, 6) is 1.21. The maximum Gasteiger partial charge on any atom is 0.234 e. The predicted octanol–water partition coefficient (Wildman–Crippen LogP) is 5.27. The summed E-state index contributed by atoms with van der Waals surface area (Å²) in [5, 5.41) is 10.3. The Hall–Kier alpha value is -3.56. The summed E-state index contributed by atoms with van der Waals surface area (Å²) in [7, 11) is 0. The van der Waals surface area contributed by atoms with Crippen LogP contribution in [0, 0.1) is 13.8 Å². The van der Waals surface area contributed by atoms with Crippen molar-refractivity contribution in [1.82, 2.24) is 19.9 Å². The van der Waals surface area contributed by atoms with Gasteiger partial charge in [0.2, 0.25) is 17.8 Å². The molecule has 4 rings (SSSR count). The smallest absolute Gasteiger partial charge is 0.234 e. The second-order valence-corrected chi connectivity index (χ2v) is 8.56. The molecule has 10 heteroatoms. The number of amides is 1. The third kappa shape index (κ3) is 5.99. The number of rotatable bonds is 7. The Labute approximate surface area is 194 Å². The molecule has 162 valence electrons. The second kappa shape index (κ2) is 9.71. The fourth-order valence-electron chi connectivity index (χ4n) is 2.80. The van der Waals surface area contributed by atoms with Gasteiger partial charge in [0.25, 0.3) is 0 Å². The molecular formula is C22H20ClN7OS. The van der Waals surface area contributed by atoms with Crippen molar-refractivity contribution in [3.05, 3.63) is 76.0 Å². The minimum absolute atomic E-state index is 0.102. The van der Waals surface area contributed by atoms with Crippen LogP contribution in [0.1, 0.15) is 16.3 Å². The van der Waals surface area contributed by atoms with E-state index >= 15 is 0 Å². The van der Waals surface area contributed by atoms with Gasteiger partial charge in [0.05, 0.1) is 6.42 Å². The quantitative estimate of drug-likeness (QED) is 0.341. The van der Waals surface area contributed by atoms with Gasteiger partial charge in [-0.15, -0.1) is 11.3 Å². The zero-order valence-corrected chi connectivity index (χ0v) is 19.0. The lowest BCUT2D eigenvalue weighted by molar-refractivity contribution is -0.115. The van der Waals surface area contributed by atoms with Crippen molar-refractivity contribution in [2.75, 3.05) is 16.0 Å². The summed E-state index contributed by atoms with van der Waals surface area (Å²) in [4.78, 5) is 30.5. The number of anilines is 5. The van der Waals surface area contributed by atoms with Gasteiger partial charge < -0.3 is 10.6 Å². The van der Waals surface area contributed by atoms with Crippen LogP contribution in [0.4, 0.5) is 28.4 Å². The van der Waals surface area contributed by atoms with Crippen LogP contribution in [0.2, 0.25) is 5.02 Å². The van der Waals surface area contributed by atoms with E-state index in [1.54, 1.807) is 25.3 Å². The molecule has 0 radical (unpaired) electrons. The van der Waals surface area contributed by atoms with Crippen LogP contribution < -0.4 is 16.0 Å². The number of nitrogens with one attached hydrogen (secondary N) is 3. The van der Waals surface area contributed by atoms with Gasteiger partial charge in [-0.3, -0.25) is 10.1 Å². The summed E-state index contributed by atoms with van der Waals surface area (Å²) >= 11 is 7.29. The lowest BCUT2D eigenvalue weighted by Gasteiger charge is -2.07. The van der Waals surface area contributed by atoms with Crippen molar-refractivity contribution in [2.45, 2.75) is 20.3 Å². The fraction of sp³-hybridized carbons (Fsp3) is 0.136. The SMILES string of the molecule is Cc1ccc(NC(=O)Cc2cnc(Nc3nc(C)nc(Nc4ccc(Cl)cc4)n3)s2)cc1. The first-order valence-electron chi connectivity index (χ1n) is 9.76. The lowest BCUT2D eigenvalue weighted by atomic mass is 10.2. The Morgan fingerprint density at radius 3 is 2.28 bits per heavy atom. The number of hydrogen-bond donors (Lipinski definition) is 3. The van der Waals surface area contributed by atoms with E-state index in [4.69, 9.17) is 11.6 Å². The van der Waals surface area contributed by atoms with Crippen LogP contribution in [-0.4, -0.2) is 25.8 Å². The Kier molecular flexibility index (Phi) is 6.58. The van der Waals surface area contributed by atoms with E-state index in [-0.39, 0.29) is 12.3 Å². The van der Waals surface area contributed by atoms with Crippen LogP contribution in [0.3, 0.4) is 0 Å². The summed E-state index contributed by atoms with van der Waals surface area (Å²) < 4.78 is 0. The maximum absolute atomic E-state index is 12.3. The molecule has 0 bridgehead atoms. The average Bonchev–Trinajstić information content (AvgIpc) is 3.17. The standard InChI is InChI=1S/C22H20ClN7OS/c1-13-3-7-16(8-4-13)27-19(31)11-18-12-24-22(32-18)30-21-26-14(2)25-20(29-21)28-17-9-5-15(23)6-10-17/h3-10,12H,11H2,1-2H3,(H,27,31)(H2,24,25,26,28,29,30). The summed E-state index contributed by atoms with van der Waals surface area (Å²) in [6.07, 6.45) is 1.90. The van der Waals surface area contributed by atoms with Gasteiger partial charge in [-0.1, -0.05) is 29.3 Å². The first-order valence-corrected chi connectivity index (χ1v) is 11.0. The Balaban J connectivity index is 1.39. The minimum Gasteiger partial charge on any atom is -0.326 e. The molecule has 2 aromatic heterocycles. The van der Waals surface area contributed by atoms with Gasteiger partial charge in [0.15, 0.2) is 5.13 Å². The molecule has 0 atom stereocenters. The third-order valence-electron chi connectivity index (χ3n) is 4.29. The van der Waals surface area contributed by atoms with Gasteiger partial charge in [0.1, 0.15) is 5.82 Å². The Morgan fingerprint density at radius 2 is 1.56 bits per heavy atom. The molecule has 0 saturated carbocycles. The van der Waals surface area contributed by atoms with Crippen molar-refractivity contribution in [1.29, 1.82) is 0 Å². The molecule has 1 amide bonds. The largest absolute Gasteiger partial charge is 0.326 e. The maximum atomic E-state index is 12.3. The highest BCUT2D eigenvalue weighted by Crippen LogP contribution is 2.23. The molecule has 0 aliphatic rings. The number of thiazole rings is 1. The van der Waals surface area contributed by atoms with Crippen LogP contribution in [0.5, 0.6) is 0 Å². The van der Waals surface area contributed by atoms with Crippen LogP contribution in [0.25, 0.3) is 0 Å². The van der Waals surface area contributed by atoms with E-state index < -0.39 is 0 Å². The number of hydrogen-bond acceptors (Lipinski definition) is 8. The molecule has 0 aliphatic carbocycles. The zero-order chi connectivity index (χ0) is 22.5. The number of aryl methyl sites for hydroxylation is 2. The molecule has 0 fully saturated rings. The molecule has 0 saturated heterocycles. The number of nitrogens with zero attached hydrogens (tertiary/aromatic N) is 4. The number of benzene rings is 2. The van der Waals surface area contributed by atoms with E-state index in [1.807, 2.05) is 43.3 Å². The van der Waals surface area contributed by atoms with Crippen LogP contribution in [-0.2, 0) is 11.2 Å². The number of carbonyl (C=O) groups is 1. The average molecular weight is 466 g/mol. The molecule has 32 heavy (non-hydrogen) atoms. The molecule has 2 heterocycles. The molecule has 8 nitrogen and oxygen atoms in total. The van der Waals surface area contributed by atoms with Crippen molar-refractivity contribution in [2.24, 2.45) is 0 Å². The molecule has 2 aromatic carbocycles. The van der Waals surface area contributed by atoms with Crippen molar-refractivity contribution < 1.29 is 4.79 Å². The van der Waals surface area contributed by atoms with Crippen molar-refractivity contribution >= 4 is 57.2 Å². The highest BCUT2D eigenvalue weighted by Gasteiger charge is 2.11. The lowest BCUT2D eigenvalue weighted by Crippen LogP contribution is -2.13. The monoisotopic (exact) mass is 465 g/mol. The van der Waals surface area contributed by atoms with Gasteiger partial charge in [-0.25, -0.2) is 4.98 Å². The topological polar surface area (TPSA) is 105 Å². The highest BCUT2D eigenvalue weighted by molar-refractivity contribution is 7.15.